The fourth-order valence-electron chi connectivity index (χ4n) is 1.97. The maximum Gasteiger partial charge on any atom is 0.241 e. The van der Waals surface area contributed by atoms with Gasteiger partial charge in [0.15, 0.2) is 0 Å². The maximum absolute atomic E-state index is 12.3. The molecule has 4 nitrogen and oxygen atoms in total. The van der Waals surface area contributed by atoms with Gasteiger partial charge in [-0.3, -0.25) is 0 Å². The summed E-state index contributed by atoms with van der Waals surface area (Å²) in [6, 6.07) is 1.85. The Labute approximate surface area is 113 Å². The molecule has 0 aliphatic heterocycles. The average molecular weight is 288 g/mol. The molecule has 102 valence electrons. The maximum atomic E-state index is 12.3. The van der Waals surface area contributed by atoms with Crippen LogP contribution < -0.4 is 10.0 Å². The van der Waals surface area contributed by atoms with E-state index < -0.39 is 10.0 Å². The number of hydrogen-bond donors (Lipinski definition) is 2. The van der Waals surface area contributed by atoms with Gasteiger partial charge in [0.25, 0.3) is 0 Å². The van der Waals surface area contributed by atoms with Gasteiger partial charge in [-0.25, -0.2) is 13.1 Å². The quantitative estimate of drug-likeness (QED) is 0.869. The lowest BCUT2D eigenvalue weighted by Crippen LogP contribution is -2.28. The van der Waals surface area contributed by atoms with E-state index in [4.69, 9.17) is 0 Å². The molecule has 0 aromatic carbocycles. The lowest BCUT2D eigenvalue weighted by Gasteiger charge is -2.07. The molecule has 6 heteroatoms. The van der Waals surface area contributed by atoms with E-state index in [-0.39, 0.29) is 11.5 Å². The molecule has 1 unspecified atom stereocenters. The minimum Gasteiger partial charge on any atom is -0.315 e. The summed E-state index contributed by atoms with van der Waals surface area (Å²) < 4.78 is 27.4. The third-order valence-electron chi connectivity index (χ3n) is 3.37. The third-order valence-corrected chi connectivity index (χ3v) is 6.15. The van der Waals surface area contributed by atoms with E-state index >= 15 is 0 Å². The first-order valence-electron chi connectivity index (χ1n) is 6.02. The van der Waals surface area contributed by atoms with E-state index in [1.54, 1.807) is 6.07 Å². The van der Waals surface area contributed by atoms with E-state index in [0.29, 0.717) is 11.4 Å². The Balaban J connectivity index is 2.19. The Hall–Kier alpha value is -0.430. The fourth-order valence-corrected chi connectivity index (χ4v) is 5.03. The van der Waals surface area contributed by atoms with Gasteiger partial charge in [0.1, 0.15) is 0 Å². The second-order valence-electron chi connectivity index (χ2n) is 5.53. The predicted octanol–water partition coefficient (Wildman–Crippen LogP) is 1.85. The normalized spacial score (nSPS) is 22.1. The Morgan fingerprint density at radius 1 is 1.50 bits per heavy atom. The van der Waals surface area contributed by atoms with E-state index in [0.717, 1.165) is 16.2 Å². The van der Waals surface area contributed by atoms with Crippen LogP contribution in [0.1, 0.15) is 30.0 Å². The summed E-state index contributed by atoms with van der Waals surface area (Å²) in [6.07, 6.45) is 0.915. The van der Waals surface area contributed by atoms with E-state index in [2.05, 4.69) is 23.9 Å². The molecule has 1 aliphatic rings. The molecule has 0 spiro atoms. The molecule has 1 aromatic heterocycles. The van der Waals surface area contributed by atoms with Crippen molar-refractivity contribution in [3.8, 4) is 0 Å². The third kappa shape index (κ3) is 2.77. The predicted molar refractivity (Wildman–Crippen MR) is 74.3 cm³/mol. The van der Waals surface area contributed by atoms with Crippen LogP contribution in [0.5, 0.6) is 0 Å². The van der Waals surface area contributed by atoms with Crippen LogP contribution in [0.3, 0.4) is 0 Å². The van der Waals surface area contributed by atoms with Crippen molar-refractivity contribution in [1.29, 1.82) is 0 Å². The van der Waals surface area contributed by atoms with Crippen molar-refractivity contribution >= 4 is 21.4 Å². The summed E-state index contributed by atoms with van der Waals surface area (Å²) in [5.41, 5.74) is 0.102. The van der Waals surface area contributed by atoms with Crippen LogP contribution in [0.25, 0.3) is 0 Å². The summed E-state index contributed by atoms with van der Waals surface area (Å²) in [5.74, 6) is 0. The second kappa shape index (κ2) is 4.59. The van der Waals surface area contributed by atoms with Gasteiger partial charge in [-0.15, -0.1) is 11.3 Å². The van der Waals surface area contributed by atoms with E-state index in [9.17, 15) is 8.42 Å². The zero-order chi connectivity index (χ0) is 13.6. The van der Waals surface area contributed by atoms with Crippen LogP contribution >= 0.6 is 11.3 Å². The van der Waals surface area contributed by atoms with Gasteiger partial charge in [-0.1, -0.05) is 13.8 Å². The Bertz CT molecular complexity index is 546. The summed E-state index contributed by atoms with van der Waals surface area (Å²) in [6.45, 7) is 6.71. The van der Waals surface area contributed by atoms with Crippen LogP contribution in [0.4, 0.5) is 0 Å². The molecule has 1 saturated carbocycles. The molecule has 2 rings (SSSR count). The Kier molecular flexibility index (Phi) is 3.57. The molecular weight excluding hydrogens is 268 g/mol. The van der Waals surface area contributed by atoms with Gasteiger partial charge in [0.05, 0.1) is 4.90 Å². The summed E-state index contributed by atoms with van der Waals surface area (Å²) in [4.78, 5) is 2.33. The molecule has 0 bridgehead atoms. The van der Waals surface area contributed by atoms with Crippen molar-refractivity contribution in [2.45, 2.75) is 44.7 Å². The zero-order valence-electron chi connectivity index (χ0n) is 11.2. The molecule has 1 aromatic rings. The molecule has 0 amide bonds. The topological polar surface area (TPSA) is 58.2 Å². The standard InChI is InChI=1S/C12H20N2O2S2/c1-8-10(5-9(17-8)7-13-4)18(15,16)14-11-6-12(11,2)3/h5,11,13-14H,6-7H2,1-4H3. The van der Waals surface area contributed by atoms with Crippen LogP contribution in [0.15, 0.2) is 11.0 Å². The number of nitrogens with one attached hydrogen (secondary N) is 2. The number of thiophene rings is 1. The number of aryl methyl sites for hydroxylation is 1. The first-order valence-corrected chi connectivity index (χ1v) is 8.32. The second-order valence-corrected chi connectivity index (χ2v) is 8.55. The molecule has 1 fully saturated rings. The zero-order valence-corrected chi connectivity index (χ0v) is 12.8. The lowest BCUT2D eigenvalue weighted by atomic mass is 10.2. The van der Waals surface area contributed by atoms with Crippen molar-refractivity contribution in [3.05, 3.63) is 15.8 Å². The molecule has 0 radical (unpaired) electrons. The van der Waals surface area contributed by atoms with E-state index in [1.807, 2.05) is 14.0 Å². The smallest absolute Gasteiger partial charge is 0.241 e. The van der Waals surface area contributed by atoms with Crippen molar-refractivity contribution in [2.24, 2.45) is 5.41 Å². The Morgan fingerprint density at radius 2 is 2.11 bits per heavy atom. The molecule has 1 atom stereocenters. The molecular formula is C12H20N2O2S2. The summed E-state index contributed by atoms with van der Waals surface area (Å²) >= 11 is 1.53. The average Bonchev–Trinajstić information content (AvgIpc) is 2.66. The lowest BCUT2D eigenvalue weighted by molar-refractivity contribution is 0.555. The first-order chi connectivity index (χ1) is 8.26. The number of rotatable bonds is 5. The molecule has 1 heterocycles. The fraction of sp³-hybridized carbons (Fsp3) is 0.667. The van der Waals surface area contributed by atoms with Crippen LogP contribution in [-0.4, -0.2) is 21.5 Å². The van der Waals surface area contributed by atoms with Gasteiger partial charge >= 0.3 is 0 Å². The van der Waals surface area contributed by atoms with Gasteiger partial charge < -0.3 is 5.32 Å². The number of hydrogen-bond acceptors (Lipinski definition) is 4. The van der Waals surface area contributed by atoms with Crippen LogP contribution in [-0.2, 0) is 16.6 Å². The Morgan fingerprint density at radius 3 is 2.61 bits per heavy atom. The SMILES string of the molecule is CNCc1cc(S(=O)(=O)NC2CC2(C)C)c(C)s1. The van der Waals surface area contributed by atoms with Crippen molar-refractivity contribution in [1.82, 2.24) is 10.0 Å². The summed E-state index contributed by atoms with van der Waals surface area (Å²) in [5, 5.41) is 3.04. The molecule has 1 aliphatic carbocycles. The van der Waals surface area contributed by atoms with E-state index in [1.165, 1.54) is 11.3 Å². The highest BCUT2D eigenvalue weighted by Crippen LogP contribution is 2.45. The van der Waals surface area contributed by atoms with Gasteiger partial charge in [0, 0.05) is 22.3 Å². The highest BCUT2D eigenvalue weighted by atomic mass is 32.2. The molecule has 2 N–H and O–H groups in total. The first kappa shape index (κ1) is 14.0. The highest BCUT2D eigenvalue weighted by Gasteiger charge is 2.48. The van der Waals surface area contributed by atoms with Crippen molar-refractivity contribution < 1.29 is 8.42 Å². The van der Waals surface area contributed by atoms with Gasteiger partial charge in [0.2, 0.25) is 10.0 Å². The minimum absolute atomic E-state index is 0.0783. The molecule has 18 heavy (non-hydrogen) atoms. The highest BCUT2D eigenvalue weighted by molar-refractivity contribution is 7.89. The van der Waals surface area contributed by atoms with Gasteiger partial charge in [-0.05, 0) is 31.9 Å². The monoisotopic (exact) mass is 288 g/mol. The van der Waals surface area contributed by atoms with Crippen molar-refractivity contribution in [3.63, 3.8) is 0 Å². The van der Waals surface area contributed by atoms with Gasteiger partial charge in [-0.2, -0.15) is 0 Å². The summed E-state index contributed by atoms with van der Waals surface area (Å²) in [7, 11) is -1.51. The minimum atomic E-state index is -3.36. The number of sulfonamides is 1. The van der Waals surface area contributed by atoms with Crippen molar-refractivity contribution in [2.75, 3.05) is 7.05 Å². The van der Waals surface area contributed by atoms with Crippen LogP contribution in [0.2, 0.25) is 0 Å². The largest absolute Gasteiger partial charge is 0.315 e. The molecule has 0 saturated heterocycles. The van der Waals surface area contributed by atoms with Crippen LogP contribution in [0, 0.1) is 12.3 Å².